The molecule has 132 valence electrons. The van der Waals surface area contributed by atoms with Crippen LogP contribution in [0.15, 0.2) is 36.4 Å². The molecule has 0 unspecified atom stereocenters. The Morgan fingerprint density at radius 3 is 2.16 bits per heavy atom. The van der Waals surface area contributed by atoms with Gasteiger partial charge in [0.1, 0.15) is 5.41 Å². The summed E-state index contributed by atoms with van der Waals surface area (Å²) < 4.78 is 26.2. The molecule has 0 saturated carbocycles. The van der Waals surface area contributed by atoms with E-state index in [9.17, 15) is 18.4 Å². The topological polar surface area (TPSA) is 58.2 Å². The van der Waals surface area contributed by atoms with Crippen LogP contribution in [0.4, 0.5) is 20.2 Å². The number of rotatable bonds is 4. The molecule has 0 fully saturated rings. The van der Waals surface area contributed by atoms with Gasteiger partial charge in [0, 0.05) is 17.4 Å². The third-order valence-electron chi connectivity index (χ3n) is 3.95. The lowest BCUT2D eigenvalue weighted by Crippen LogP contribution is -2.41. The van der Waals surface area contributed by atoms with E-state index in [1.165, 1.54) is 19.9 Å². The van der Waals surface area contributed by atoms with Gasteiger partial charge in [0.15, 0.2) is 11.6 Å². The highest BCUT2D eigenvalue weighted by molar-refractivity contribution is 6.14. The molecule has 2 N–H and O–H groups in total. The lowest BCUT2D eigenvalue weighted by molar-refractivity contribution is -0.135. The van der Waals surface area contributed by atoms with Crippen LogP contribution in [0.2, 0.25) is 0 Å². The molecule has 6 heteroatoms. The number of carbonyl (C=O) groups is 2. The van der Waals surface area contributed by atoms with Crippen LogP contribution in [0, 0.1) is 30.9 Å². The smallest absolute Gasteiger partial charge is 0.239 e. The molecule has 0 aromatic heterocycles. The van der Waals surface area contributed by atoms with Gasteiger partial charge in [0.2, 0.25) is 11.8 Å². The van der Waals surface area contributed by atoms with Crippen molar-refractivity contribution >= 4 is 23.2 Å². The molecular formula is C19H20F2N2O2. The van der Waals surface area contributed by atoms with Crippen molar-refractivity contribution in [3.63, 3.8) is 0 Å². The molecule has 0 aliphatic carbocycles. The van der Waals surface area contributed by atoms with Gasteiger partial charge in [-0.2, -0.15) is 0 Å². The lowest BCUT2D eigenvalue weighted by atomic mass is 9.90. The third-order valence-corrected chi connectivity index (χ3v) is 3.95. The van der Waals surface area contributed by atoms with Crippen LogP contribution >= 0.6 is 0 Å². The van der Waals surface area contributed by atoms with Crippen molar-refractivity contribution in [1.29, 1.82) is 0 Å². The van der Waals surface area contributed by atoms with Crippen molar-refractivity contribution in [2.24, 2.45) is 5.41 Å². The van der Waals surface area contributed by atoms with Gasteiger partial charge in [-0.05, 0) is 57.0 Å². The van der Waals surface area contributed by atoms with E-state index >= 15 is 0 Å². The van der Waals surface area contributed by atoms with Crippen LogP contribution in [0.3, 0.4) is 0 Å². The highest BCUT2D eigenvalue weighted by atomic mass is 19.2. The Bertz CT molecular complexity index is 832. The number of hydrogen-bond donors (Lipinski definition) is 2. The quantitative estimate of drug-likeness (QED) is 0.816. The van der Waals surface area contributed by atoms with Crippen molar-refractivity contribution in [2.75, 3.05) is 10.6 Å². The van der Waals surface area contributed by atoms with E-state index in [-0.39, 0.29) is 5.69 Å². The number of hydrogen-bond acceptors (Lipinski definition) is 2. The van der Waals surface area contributed by atoms with Gasteiger partial charge in [0.25, 0.3) is 0 Å². The van der Waals surface area contributed by atoms with Gasteiger partial charge in [-0.15, -0.1) is 0 Å². The molecule has 0 aliphatic rings. The van der Waals surface area contributed by atoms with Crippen LogP contribution < -0.4 is 10.6 Å². The van der Waals surface area contributed by atoms with E-state index in [0.29, 0.717) is 5.69 Å². The summed E-state index contributed by atoms with van der Waals surface area (Å²) >= 11 is 0. The largest absolute Gasteiger partial charge is 0.325 e. The Balaban J connectivity index is 2.15. The van der Waals surface area contributed by atoms with Gasteiger partial charge in [-0.3, -0.25) is 9.59 Å². The average Bonchev–Trinajstić information content (AvgIpc) is 2.54. The van der Waals surface area contributed by atoms with E-state index in [1.807, 2.05) is 32.0 Å². The molecule has 25 heavy (non-hydrogen) atoms. The minimum absolute atomic E-state index is 0.0801. The fraction of sp³-hybridized carbons (Fsp3) is 0.263. The van der Waals surface area contributed by atoms with Crippen molar-refractivity contribution in [2.45, 2.75) is 27.7 Å². The summed E-state index contributed by atoms with van der Waals surface area (Å²) in [5, 5.41) is 5.18. The molecule has 2 aromatic carbocycles. The monoisotopic (exact) mass is 346 g/mol. The summed E-state index contributed by atoms with van der Waals surface area (Å²) in [6, 6.07) is 8.62. The lowest BCUT2D eigenvalue weighted by Gasteiger charge is -2.23. The molecule has 0 radical (unpaired) electrons. The Hall–Kier alpha value is -2.76. The molecule has 0 aliphatic heterocycles. The molecule has 0 heterocycles. The van der Waals surface area contributed by atoms with Crippen LogP contribution in [0.5, 0.6) is 0 Å². The van der Waals surface area contributed by atoms with E-state index in [1.54, 1.807) is 0 Å². The predicted octanol–water partition coefficient (Wildman–Crippen LogP) is 4.19. The van der Waals surface area contributed by atoms with Crippen LogP contribution in [-0.4, -0.2) is 11.8 Å². The second-order valence-electron chi connectivity index (χ2n) is 6.48. The maximum absolute atomic E-state index is 13.2. The fourth-order valence-electron chi connectivity index (χ4n) is 2.11. The summed E-state index contributed by atoms with van der Waals surface area (Å²) in [6.45, 7) is 6.67. The second-order valence-corrected chi connectivity index (χ2v) is 6.48. The standard InChI is InChI=1S/C19H20F2N2O2/c1-11-5-6-12(2)16(9-11)23-18(25)19(3,4)17(24)22-13-7-8-14(20)15(21)10-13/h5-10H,1-4H3,(H,22,24)(H,23,25). The molecule has 2 amide bonds. The highest BCUT2D eigenvalue weighted by Crippen LogP contribution is 2.24. The van der Waals surface area contributed by atoms with Gasteiger partial charge in [-0.25, -0.2) is 8.78 Å². The van der Waals surface area contributed by atoms with Crippen LogP contribution in [-0.2, 0) is 9.59 Å². The minimum Gasteiger partial charge on any atom is -0.325 e. The zero-order chi connectivity index (χ0) is 18.8. The normalized spacial score (nSPS) is 11.1. The van der Waals surface area contributed by atoms with E-state index in [0.717, 1.165) is 23.3 Å². The summed E-state index contributed by atoms with van der Waals surface area (Å²) in [7, 11) is 0. The number of carbonyl (C=O) groups excluding carboxylic acids is 2. The summed E-state index contributed by atoms with van der Waals surface area (Å²) in [4.78, 5) is 25.0. The maximum Gasteiger partial charge on any atom is 0.239 e. The van der Waals surface area contributed by atoms with Gasteiger partial charge >= 0.3 is 0 Å². The fourth-order valence-corrected chi connectivity index (χ4v) is 2.11. The number of halogens is 2. The van der Waals surface area contributed by atoms with Crippen molar-refractivity contribution in [1.82, 2.24) is 0 Å². The first-order valence-corrected chi connectivity index (χ1v) is 7.76. The van der Waals surface area contributed by atoms with E-state index in [4.69, 9.17) is 0 Å². The van der Waals surface area contributed by atoms with Crippen molar-refractivity contribution < 1.29 is 18.4 Å². The molecule has 0 spiro atoms. The van der Waals surface area contributed by atoms with Gasteiger partial charge in [-0.1, -0.05) is 12.1 Å². The van der Waals surface area contributed by atoms with Crippen molar-refractivity contribution in [3.8, 4) is 0 Å². The summed E-state index contributed by atoms with van der Waals surface area (Å²) in [6.07, 6.45) is 0. The van der Waals surface area contributed by atoms with Gasteiger partial charge < -0.3 is 10.6 Å². The molecule has 0 bridgehead atoms. The van der Waals surface area contributed by atoms with Crippen LogP contribution in [0.25, 0.3) is 0 Å². The molecular weight excluding hydrogens is 326 g/mol. The number of nitrogens with one attached hydrogen (secondary N) is 2. The first-order valence-electron chi connectivity index (χ1n) is 7.76. The molecule has 2 aromatic rings. The first kappa shape index (κ1) is 18.6. The number of benzene rings is 2. The molecule has 0 atom stereocenters. The predicted molar refractivity (Wildman–Crippen MR) is 93.3 cm³/mol. The van der Waals surface area contributed by atoms with E-state index in [2.05, 4.69) is 10.6 Å². The number of aryl methyl sites for hydroxylation is 2. The average molecular weight is 346 g/mol. The highest BCUT2D eigenvalue weighted by Gasteiger charge is 2.36. The Morgan fingerprint density at radius 1 is 0.880 bits per heavy atom. The SMILES string of the molecule is Cc1ccc(C)c(NC(=O)C(C)(C)C(=O)Nc2ccc(F)c(F)c2)c1. The Kier molecular flexibility index (Phi) is 5.21. The third kappa shape index (κ3) is 4.21. The Morgan fingerprint density at radius 2 is 1.52 bits per heavy atom. The number of amides is 2. The number of anilines is 2. The molecule has 0 saturated heterocycles. The Labute approximate surface area is 145 Å². The minimum atomic E-state index is -1.42. The summed E-state index contributed by atoms with van der Waals surface area (Å²) in [5.41, 5.74) is 1.14. The van der Waals surface area contributed by atoms with Gasteiger partial charge in [0.05, 0.1) is 0 Å². The maximum atomic E-state index is 13.2. The van der Waals surface area contributed by atoms with Crippen LogP contribution in [0.1, 0.15) is 25.0 Å². The zero-order valence-electron chi connectivity index (χ0n) is 14.5. The van der Waals surface area contributed by atoms with Crippen molar-refractivity contribution in [3.05, 3.63) is 59.2 Å². The van der Waals surface area contributed by atoms with E-state index < -0.39 is 28.9 Å². The molecule has 4 nitrogen and oxygen atoms in total. The zero-order valence-corrected chi connectivity index (χ0v) is 14.5. The second kappa shape index (κ2) is 7.01. The summed E-state index contributed by atoms with van der Waals surface area (Å²) in [5.74, 6) is -3.21. The first-order chi connectivity index (χ1) is 11.6. The molecule has 2 rings (SSSR count).